The molecule has 1 saturated carbocycles. The topological polar surface area (TPSA) is 96.5 Å². The van der Waals surface area contributed by atoms with Gasteiger partial charge in [0, 0.05) is 17.8 Å². The standard InChI is InChI=1S/C19H15FN6O/c1-12-22-11-13(10-21)17(23-12)26-9-6-16(25-26)24-18(27)19(7-8-19)14-4-2-3-5-15(14)20/h2-6,9,11H,7-8H2,1H3,(H,24,25,27). The summed E-state index contributed by atoms with van der Waals surface area (Å²) in [6.07, 6.45) is 4.20. The van der Waals surface area contributed by atoms with Crippen LogP contribution in [0.1, 0.15) is 29.8 Å². The van der Waals surface area contributed by atoms with Crippen molar-refractivity contribution in [1.82, 2.24) is 19.7 Å². The van der Waals surface area contributed by atoms with E-state index in [9.17, 15) is 14.4 Å². The van der Waals surface area contributed by atoms with Gasteiger partial charge in [-0.1, -0.05) is 18.2 Å². The Morgan fingerprint density at radius 1 is 1.33 bits per heavy atom. The van der Waals surface area contributed by atoms with Gasteiger partial charge in [0.15, 0.2) is 11.6 Å². The third-order valence-corrected chi connectivity index (χ3v) is 4.63. The van der Waals surface area contributed by atoms with E-state index in [1.165, 1.54) is 16.9 Å². The predicted molar refractivity (Wildman–Crippen MR) is 94.5 cm³/mol. The van der Waals surface area contributed by atoms with Crippen LogP contribution in [0.2, 0.25) is 0 Å². The molecule has 2 heterocycles. The molecule has 27 heavy (non-hydrogen) atoms. The molecule has 0 radical (unpaired) electrons. The highest BCUT2D eigenvalue weighted by molar-refractivity contribution is 6.00. The summed E-state index contributed by atoms with van der Waals surface area (Å²) in [4.78, 5) is 21.0. The Morgan fingerprint density at radius 2 is 2.11 bits per heavy atom. The van der Waals surface area contributed by atoms with Gasteiger partial charge in [0.2, 0.25) is 5.91 Å². The molecule has 4 rings (SSSR count). The second-order valence-electron chi connectivity index (χ2n) is 6.43. The van der Waals surface area contributed by atoms with E-state index < -0.39 is 5.41 Å². The van der Waals surface area contributed by atoms with Crippen LogP contribution in [0.15, 0.2) is 42.7 Å². The molecule has 0 spiro atoms. The molecular weight excluding hydrogens is 347 g/mol. The van der Waals surface area contributed by atoms with E-state index in [4.69, 9.17) is 0 Å². The van der Waals surface area contributed by atoms with Crippen molar-refractivity contribution in [2.45, 2.75) is 25.2 Å². The lowest BCUT2D eigenvalue weighted by Crippen LogP contribution is -2.29. The minimum absolute atomic E-state index is 0.270. The first kappa shape index (κ1) is 16.8. The SMILES string of the molecule is Cc1ncc(C#N)c(-n2ccc(NC(=O)C3(c4ccccc4F)CC3)n2)n1. The van der Waals surface area contributed by atoms with Crippen molar-refractivity contribution in [2.75, 3.05) is 5.32 Å². The molecule has 0 saturated heterocycles. The third-order valence-electron chi connectivity index (χ3n) is 4.63. The number of halogens is 1. The van der Waals surface area contributed by atoms with Gasteiger partial charge in [-0.25, -0.2) is 19.0 Å². The molecule has 2 aromatic heterocycles. The predicted octanol–water partition coefficient (Wildman–Crippen LogP) is 2.65. The van der Waals surface area contributed by atoms with Crippen LogP contribution in [-0.2, 0) is 10.2 Å². The molecule has 1 aromatic carbocycles. The zero-order valence-corrected chi connectivity index (χ0v) is 14.5. The van der Waals surface area contributed by atoms with Crippen LogP contribution in [0.4, 0.5) is 10.2 Å². The van der Waals surface area contributed by atoms with Crippen LogP contribution in [-0.4, -0.2) is 25.7 Å². The van der Waals surface area contributed by atoms with Gasteiger partial charge in [-0.15, -0.1) is 5.10 Å². The van der Waals surface area contributed by atoms with E-state index in [0.717, 1.165) is 0 Å². The number of hydrogen-bond acceptors (Lipinski definition) is 5. The van der Waals surface area contributed by atoms with Crippen molar-refractivity contribution in [3.8, 4) is 11.9 Å². The van der Waals surface area contributed by atoms with Crippen LogP contribution in [0.5, 0.6) is 0 Å². The molecule has 1 N–H and O–H groups in total. The maximum Gasteiger partial charge on any atom is 0.236 e. The Morgan fingerprint density at radius 3 is 2.81 bits per heavy atom. The number of amides is 1. The zero-order chi connectivity index (χ0) is 19.0. The van der Waals surface area contributed by atoms with Crippen LogP contribution in [0.25, 0.3) is 5.82 Å². The summed E-state index contributed by atoms with van der Waals surface area (Å²) < 4.78 is 15.5. The molecule has 1 aliphatic rings. The fraction of sp³-hybridized carbons (Fsp3) is 0.211. The molecule has 0 atom stereocenters. The van der Waals surface area contributed by atoms with E-state index in [1.807, 2.05) is 6.07 Å². The Hall–Kier alpha value is -3.60. The fourth-order valence-electron chi connectivity index (χ4n) is 3.05. The van der Waals surface area contributed by atoms with Crippen molar-refractivity contribution < 1.29 is 9.18 Å². The highest BCUT2D eigenvalue weighted by Gasteiger charge is 2.52. The molecule has 1 amide bonds. The summed E-state index contributed by atoms with van der Waals surface area (Å²) in [5.41, 5.74) is -0.176. The van der Waals surface area contributed by atoms with Gasteiger partial charge >= 0.3 is 0 Å². The lowest BCUT2D eigenvalue weighted by molar-refractivity contribution is -0.118. The molecule has 0 aliphatic heterocycles. The second kappa shape index (κ2) is 6.29. The lowest BCUT2D eigenvalue weighted by atomic mass is 9.94. The monoisotopic (exact) mass is 362 g/mol. The van der Waals surface area contributed by atoms with Gasteiger partial charge in [0.05, 0.1) is 11.6 Å². The first-order valence-electron chi connectivity index (χ1n) is 8.40. The zero-order valence-electron chi connectivity index (χ0n) is 14.5. The number of nitrogens with zero attached hydrogens (tertiary/aromatic N) is 5. The molecule has 1 aliphatic carbocycles. The Kier molecular flexibility index (Phi) is 3.92. The number of aryl methyl sites for hydroxylation is 1. The van der Waals surface area contributed by atoms with Gasteiger partial charge in [-0.05, 0) is 25.8 Å². The molecule has 0 unspecified atom stereocenters. The Balaban J connectivity index is 1.59. The summed E-state index contributed by atoms with van der Waals surface area (Å²) >= 11 is 0. The first-order valence-corrected chi connectivity index (χ1v) is 8.40. The summed E-state index contributed by atoms with van der Waals surface area (Å²) in [6, 6.07) is 9.95. The Labute approximate surface area is 154 Å². The van der Waals surface area contributed by atoms with Crippen molar-refractivity contribution in [3.63, 3.8) is 0 Å². The number of aromatic nitrogens is 4. The van der Waals surface area contributed by atoms with Gasteiger partial charge in [0.25, 0.3) is 0 Å². The van der Waals surface area contributed by atoms with Crippen LogP contribution >= 0.6 is 0 Å². The largest absolute Gasteiger partial charge is 0.308 e. The number of nitriles is 1. The highest BCUT2D eigenvalue weighted by atomic mass is 19.1. The lowest BCUT2D eigenvalue weighted by Gasteiger charge is -2.15. The highest BCUT2D eigenvalue weighted by Crippen LogP contribution is 2.49. The average Bonchev–Trinajstić information content (AvgIpc) is 3.35. The molecule has 3 aromatic rings. The second-order valence-corrected chi connectivity index (χ2v) is 6.43. The van der Waals surface area contributed by atoms with Crippen molar-refractivity contribution in [1.29, 1.82) is 5.26 Å². The summed E-state index contributed by atoms with van der Waals surface area (Å²) in [6.45, 7) is 1.71. The number of hydrogen-bond donors (Lipinski definition) is 1. The molecule has 7 nitrogen and oxygen atoms in total. The van der Waals surface area contributed by atoms with Crippen LogP contribution in [0, 0.1) is 24.1 Å². The number of anilines is 1. The number of carbonyl (C=O) groups is 1. The molecular formula is C19H15FN6O. The maximum absolute atomic E-state index is 14.1. The van der Waals surface area contributed by atoms with Gasteiger partial charge in [0.1, 0.15) is 23.3 Å². The fourth-order valence-corrected chi connectivity index (χ4v) is 3.05. The normalized spacial score (nSPS) is 14.4. The third kappa shape index (κ3) is 2.93. The minimum Gasteiger partial charge on any atom is -0.308 e. The molecule has 8 heteroatoms. The molecule has 134 valence electrons. The summed E-state index contributed by atoms with van der Waals surface area (Å²) in [5.74, 6) is 0.466. The van der Waals surface area contributed by atoms with Gasteiger partial charge in [-0.2, -0.15) is 5.26 Å². The van der Waals surface area contributed by atoms with Gasteiger partial charge < -0.3 is 5.32 Å². The summed E-state index contributed by atoms with van der Waals surface area (Å²) in [7, 11) is 0. The number of benzene rings is 1. The number of rotatable bonds is 4. The van der Waals surface area contributed by atoms with Crippen molar-refractivity contribution >= 4 is 11.7 Å². The average molecular weight is 362 g/mol. The van der Waals surface area contributed by atoms with Crippen LogP contribution < -0.4 is 5.32 Å². The molecule has 0 bridgehead atoms. The van der Waals surface area contributed by atoms with E-state index in [1.54, 1.807) is 37.4 Å². The van der Waals surface area contributed by atoms with E-state index in [2.05, 4.69) is 20.4 Å². The van der Waals surface area contributed by atoms with E-state index in [0.29, 0.717) is 35.9 Å². The number of carbonyl (C=O) groups excluding carboxylic acids is 1. The quantitative estimate of drug-likeness (QED) is 0.770. The maximum atomic E-state index is 14.1. The van der Waals surface area contributed by atoms with Crippen molar-refractivity contribution in [2.24, 2.45) is 0 Å². The first-order chi connectivity index (χ1) is 13.0. The Bertz CT molecular complexity index is 1080. The number of nitrogens with one attached hydrogen (secondary N) is 1. The molecule has 1 fully saturated rings. The summed E-state index contributed by atoms with van der Waals surface area (Å²) in [5, 5.41) is 16.2. The van der Waals surface area contributed by atoms with Crippen LogP contribution in [0.3, 0.4) is 0 Å². The smallest absolute Gasteiger partial charge is 0.236 e. The van der Waals surface area contributed by atoms with E-state index in [-0.39, 0.29) is 17.3 Å². The minimum atomic E-state index is -0.849. The van der Waals surface area contributed by atoms with Gasteiger partial charge in [-0.3, -0.25) is 4.79 Å². The van der Waals surface area contributed by atoms with Crippen molar-refractivity contribution in [3.05, 3.63) is 65.5 Å². The van der Waals surface area contributed by atoms with E-state index >= 15 is 0 Å².